The first-order valence-corrected chi connectivity index (χ1v) is 6.55. The Morgan fingerprint density at radius 3 is 2.50 bits per heavy atom. The van der Waals surface area contributed by atoms with Crippen molar-refractivity contribution < 1.29 is 23.8 Å². The van der Waals surface area contributed by atoms with Gasteiger partial charge in [0.25, 0.3) is 5.91 Å². The molecule has 0 aromatic heterocycles. The molecule has 0 aliphatic heterocycles. The number of hydrogen-bond acceptors (Lipinski definition) is 4. The molecule has 0 heterocycles. The van der Waals surface area contributed by atoms with Gasteiger partial charge in [-0.2, -0.15) is 0 Å². The van der Waals surface area contributed by atoms with E-state index in [1.54, 1.807) is 0 Å². The molecule has 0 spiro atoms. The minimum absolute atomic E-state index is 0.0543. The molecule has 2 aromatic carbocycles. The summed E-state index contributed by atoms with van der Waals surface area (Å²) in [6, 6.07) is 9.50. The van der Waals surface area contributed by atoms with Crippen molar-refractivity contribution in [2.75, 3.05) is 11.9 Å². The zero-order chi connectivity index (χ0) is 16.1. The third-order valence-corrected chi connectivity index (χ3v) is 2.97. The van der Waals surface area contributed by atoms with Crippen LogP contribution in [0.2, 0.25) is 5.02 Å². The number of anilines is 1. The number of carbonyl (C=O) groups excluding carboxylic acids is 2. The molecule has 0 saturated heterocycles. The number of nitrogens with one attached hydrogen (secondary N) is 1. The molecule has 0 aliphatic rings. The van der Waals surface area contributed by atoms with Crippen molar-refractivity contribution in [3.8, 4) is 5.75 Å². The van der Waals surface area contributed by atoms with Gasteiger partial charge in [0.1, 0.15) is 17.1 Å². The van der Waals surface area contributed by atoms with Crippen LogP contribution in [0.1, 0.15) is 10.4 Å². The third kappa shape index (κ3) is 3.95. The lowest BCUT2D eigenvalue weighted by Gasteiger charge is -2.08. The van der Waals surface area contributed by atoms with Crippen LogP contribution in [-0.2, 0) is 9.53 Å². The molecule has 5 nitrogen and oxygen atoms in total. The predicted molar refractivity (Wildman–Crippen MR) is 78.4 cm³/mol. The lowest BCUT2D eigenvalue weighted by molar-refractivity contribution is -0.119. The van der Waals surface area contributed by atoms with Gasteiger partial charge in [-0.25, -0.2) is 9.18 Å². The molecule has 0 radical (unpaired) electrons. The summed E-state index contributed by atoms with van der Waals surface area (Å²) in [4.78, 5) is 23.4. The molecule has 0 unspecified atom stereocenters. The lowest BCUT2D eigenvalue weighted by Crippen LogP contribution is -2.21. The van der Waals surface area contributed by atoms with Crippen molar-refractivity contribution in [3.05, 3.63) is 58.9 Å². The number of amides is 1. The number of phenols is 1. The Morgan fingerprint density at radius 2 is 1.86 bits per heavy atom. The second kappa shape index (κ2) is 6.91. The lowest BCUT2D eigenvalue weighted by atomic mass is 10.2. The third-order valence-electron chi connectivity index (χ3n) is 2.65. The minimum atomic E-state index is -1.02. The molecular weight excluding hydrogens is 313 g/mol. The zero-order valence-corrected chi connectivity index (χ0v) is 11.9. The number of carbonyl (C=O) groups is 2. The quantitative estimate of drug-likeness (QED) is 0.670. The fourth-order valence-corrected chi connectivity index (χ4v) is 1.88. The molecule has 0 aliphatic carbocycles. The first-order chi connectivity index (χ1) is 10.5. The molecule has 22 heavy (non-hydrogen) atoms. The molecule has 114 valence electrons. The Bertz CT molecular complexity index is 683. The van der Waals surface area contributed by atoms with Crippen molar-refractivity contribution in [2.45, 2.75) is 0 Å². The second-order valence-corrected chi connectivity index (χ2v) is 4.68. The number of ether oxygens (including phenoxy) is 1. The highest BCUT2D eigenvalue weighted by atomic mass is 35.5. The van der Waals surface area contributed by atoms with Crippen LogP contribution in [-0.4, -0.2) is 23.6 Å². The number of rotatable bonds is 4. The molecular formula is C15H11ClFNO4. The maximum atomic E-state index is 13.5. The van der Waals surface area contributed by atoms with Crippen LogP contribution in [0.3, 0.4) is 0 Å². The Kier molecular flexibility index (Phi) is 4.95. The number of hydrogen-bond donors (Lipinski definition) is 2. The molecule has 0 saturated carbocycles. The van der Waals surface area contributed by atoms with E-state index in [1.807, 2.05) is 0 Å². The van der Waals surface area contributed by atoms with Gasteiger partial charge < -0.3 is 15.2 Å². The van der Waals surface area contributed by atoms with Crippen molar-refractivity contribution in [1.82, 2.24) is 0 Å². The van der Waals surface area contributed by atoms with Crippen molar-refractivity contribution in [3.63, 3.8) is 0 Å². The normalized spacial score (nSPS) is 10.1. The van der Waals surface area contributed by atoms with Gasteiger partial charge >= 0.3 is 5.97 Å². The standard InChI is InChI=1S/C15H11ClFNO4/c16-11-2-1-3-12(17)14(11)15(21)22-8-13(20)18-9-4-6-10(19)7-5-9/h1-7,19H,8H2,(H,18,20). The number of phenolic OH excluding ortho intramolecular Hbond substituents is 1. The zero-order valence-electron chi connectivity index (χ0n) is 11.2. The fraction of sp³-hybridized carbons (Fsp3) is 0.0667. The summed E-state index contributed by atoms with van der Waals surface area (Å²) in [5.74, 6) is -2.40. The Labute approximate surface area is 130 Å². The van der Waals surface area contributed by atoms with E-state index in [1.165, 1.54) is 36.4 Å². The van der Waals surface area contributed by atoms with E-state index < -0.39 is 29.9 Å². The number of aromatic hydroxyl groups is 1. The minimum Gasteiger partial charge on any atom is -0.508 e. The molecule has 0 fully saturated rings. The van der Waals surface area contributed by atoms with E-state index >= 15 is 0 Å². The maximum absolute atomic E-state index is 13.5. The van der Waals surface area contributed by atoms with Crippen LogP contribution in [0.25, 0.3) is 0 Å². The average molecular weight is 324 g/mol. The van der Waals surface area contributed by atoms with Crippen molar-refractivity contribution in [2.24, 2.45) is 0 Å². The van der Waals surface area contributed by atoms with E-state index in [2.05, 4.69) is 5.32 Å². The summed E-state index contributed by atoms with van der Waals surface area (Å²) >= 11 is 5.72. The van der Waals surface area contributed by atoms with Crippen molar-refractivity contribution >= 4 is 29.2 Å². The summed E-state index contributed by atoms with van der Waals surface area (Å²) in [6.45, 7) is -0.593. The van der Waals surface area contributed by atoms with Crippen LogP contribution >= 0.6 is 11.6 Å². The Morgan fingerprint density at radius 1 is 1.18 bits per heavy atom. The van der Waals surface area contributed by atoms with Crippen LogP contribution in [0, 0.1) is 5.82 Å². The van der Waals surface area contributed by atoms with Crippen LogP contribution < -0.4 is 5.32 Å². The smallest absolute Gasteiger partial charge is 0.343 e. The first kappa shape index (κ1) is 15.8. The van der Waals surface area contributed by atoms with Gasteiger partial charge in [0.05, 0.1) is 5.02 Å². The summed E-state index contributed by atoms with van der Waals surface area (Å²) in [5.41, 5.74) is 0.00405. The van der Waals surface area contributed by atoms with Gasteiger partial charge in [-0.15, -0.1) is 0 Å². The van der Waals surface area contributed by atoms with Gasteiger partial charge in [0.15, 0.2) is 6.61 Å². The summed E-state index contributed by atoms with van der Waals surface area (Å²) in [7, 11) is 0. The van der Waals surface area contributed by atoms with Gasteiger partial charge in [-0.1, -0.05) is 17.7 Å². The van der Waals surface area contributed by atoms with E-state index in [4.69, 9.17) is 21.4 Å². The average Bonchev–Trinajstić information content (AvgIpc) is 2.47. The summed E-state index contributed by atoms with van der Waals surface area (Å²) in [6.07, 6.45) is 0. The second-order valence-electron chi connectivity index (χ2n) is 4.27. The SMILES string of the molecule is O=C(COC(=O)c1c(F)cccc1Cl)Nc1ccc(O)cc1. The molecule has 0 atom stereocenters. The Hall–Kier alpha value is -2.60. The predicted octanol–water partition coefficient (Wildman–Crippen LogP) is 2.98. The summed E-state index contributed by atoms with van der Waals surface area (Å²) in [5, 5.41) is 11.5. The Balaban J connectivity index is 1.93. The summed E-state index contributed by atoms with van der Waals surface area (Å²) < 4.78 is 18.2. The topological polar surface area (TPSA) is 75.6 Å². The molecule has 0 bridgehead atoms. The van der Waals surface area contributed by atoms with Crippen LogP contribution in [0.4, 0.5) is 10.1 Å². The van der Waals surface area contributed by atoms with E-state index in [0.717, 1.165) is 6.07 Å². The maximum Gasteiger partial charge on any atom is 0.343 e. The van der Waals surface area contributed by atoms with E-state index in [0.29, 0.717) is 5.69 Å². The van der Waals surface area contributed by atoms with Gasteiger partial charge in [0, 0.05) is 5.69 Å². The molecule has 7 heteroatoms. The fourth-order valence-electron chi connectivity index (χ4n) is 1.64. The van der Waals surface area contributed by atoms with Crippen LogP contribution in [0.15, 0.2) is 42.5 Å². The first-order valence-electron chi connectivity index (χ1n) is 6.17. The van der Waals surface area contributed by atoms with Gasteiger partial charge in [-0.3, -0.25) is 4.79 Å². The monoisotopic (exact) mass is 323 g/mol. The molecule has 2 N–H and O–H groups in total. The van der Waals surface area contributed by atoms with Gasteiger partial charge in [0.2, 0.25) is 0 Å². The number of esters is 1. The largest absolute Gasteiger partial charge is 0.508 e. The molecule has 2 aromatic rings. The highest BCUT2D eigenvalue weighted by molar-refractivity contribution is 6.33. The number of benzene rings is 2. The van der Waals surface area contributed by atoms with Gasteiger partial charge in [-0.05, 0) is 36.4 Å². The van der Waals surface area contributed by atoms with E-state index in [-0.39, 0.29) is 10.8 Å². The number of halogens is 2. The highest BCUT2D eigenvalue weighted by Crippen LogP contribution is 2.20. The molecule has 1 amide bonds. The van der Waals surface area contributed by atoms with Crippen LogP contribution in [0.5, 0.6) is 5.75 Å². The molecule has 2 rings (SSSR count). The van der Waals surface area contributed by atoms with E-state index in [9.17, 15) is 14.0 Å². The highest BCUT2D eigenvalue weighted by Gasteiger charge is 2.18. The van der Waals surface area contributed by atoms with Crippen molar-refractivity contribution in [1.29, 1.82) is 0 Å².